The zero-order chi connectivity index (χ0) is 25.0. The van der Waals surface area contributed by atoms with E-state index in [0.29, 0.717) is 31.4 Å². The number of hydrogen-bond acceptors (Lipinski definition) is 5. The first-order valence-electron chi connectivity index (χ1n) is 12.3. The number of nitrogens with one attached hydrogen (secondary N) is 1. The lowest BCUT2D eigenvalue weighted by molar-refractivity contribution is -0.138. The molecular formula is C26H38N4O4. The van der Waals surface area contributed by atoms with Crippen LogP contribution in [0.15, 0.2) is 24.3 Å². The lowest BCUT2D eigenvalue weighted by Crippen LogP contribution is -2.53. The van der Waals surface area contributed by atoms with Crippen LogP contribution in [0.2, 0.25) is 0 Å². The predicted octanol–water partition coefficient (Wildman–Crippen LogP) is 2.47. The third kappa shape index (κ3) is 5.59. The summed E-state index contributed by atoms with van der Waals surface area (Å²) < 4.78 is 0. The van der Waals surface area contributed by atoms with E-state index >= 15 is 0 Å². The number of ketones is 1. The zero-order valence-electron chi connectivity index (χ0n) is 21.0. The fourth-order valence-electron chi connectivity index (χ4n) is 4.91. The minimum Gasteiger partial charge on any atom is -0.378 e. The summed E-state index contributed by atoms with van der Waals surface area (Å²) in [7, 11) is 3.86. The van der Waals surface area contributed by atoms with Crippen LogP contribution in [0.25, 0.3) is 0 Å². The summed E-state index contributed by atoms with van der Waals surface area (Å²) in [6, 6.07) is 5.62. The van der Waals surface area contributed by atoms with Crippen molar-refractivity contribution in [1.82, 2.24) is 15.1 Å². The molecule has 2 saturated heterocycles. The number of likely N-dealkylation sites (tertiary alicyclic amines) is 2. The third-order valence-corrected chi connectivity index (χ3v) is 6.73. The summed E-state index contributed by atoms with van der Waals surface area (Å²) in [5, 5.41) is 2.91. The molecule has 34 heavy (non-hydrogen) atoms. The number of nitrogens with zero attached hydrogens (tertiary/aromatic N) is 3. The van der Waals surface area contributed by atoms with Crippen molar-refractivity contribution in [3.63, 3.8) is 0 Å². The second-order valence-corrected chi connectivity index (χ2v) is 10.0. The van der Waals surface area contributed by atoms with E-state index in [1.54, 1.807) is 21.9 Å². The van der Waals surface area contributed by atoms with E-state index in [9.17, 15) is 19.2 Å². The van der Waals surface area contributed by atoms with Crippen molar-refractivity contribution in [3.05, 3.63) is 29.8 Å². The van der Waals surface area contributed by atoms with Gasteiger partial charge in [0.15, 0.2) is 5.78 Å². The summed E-state index contributed by atoms with van der Waals surface area (Å²) in [6.45, 7) is 6.52. The number of anilines is 1. The maximum atomic E-state index is 13.6. The molecule has 186 valence electrons. The summed E-state index contributed by atoms with van der Waals surface area (Å²) in [6.07, 6.45) is 3.21. The molecule has 0 bridgehead atoms. The molecule has 3 rings (SSSR count). The summed E-state index contributed by atoms with van der Waals surface area (Å²) >= 11 is 0. The van der Waals surface area contributed by atoms with E-state index in [2.05, 4.69) is 5.32 Å². The second kappa shape index (κ2) is 11.0. The predicted molar refractivity (Wildman–Crippen MR) is 132 cm³/mol. The highest BCUT2D eigenvalue weighted by Crippen LogP contribution is 2.31. The van der Waals surface area contributed by atoms with Gasteiger partial charge in [0.05, 0.1) is 12.6 Å². The van der Waals surface area contributed by atoms with E-state index < -0.39 is 12.1 Å². The van der Waals surface area contributed by atoms with Gasteiger partial charge in [0.1, 0.15) is 12.1 Å². The van der Waals surface area contributed by atoms with Gasteiger partial charge in [-0.1, -0.05) is 27.2 Å². The van der Waals surface area contributed by atoms with Gasteiger partial charge in [0.2, 0.25) is 11.8 Å². The minimum atomic E-state index is -0.725. The van der Waals surface area contributed by atoms with E-state index in [1.165, 1.54) is 0 Å². The highest BCUT2D eigenvalue weighted by Gasteiger charge is 2.51. The van der Waals surface area contributed by atoms with Crippen LogP contribution in [0.4, 0.5) is 5.69 Å². The van der Waals surface area contributed by atoms with Gasteiger partial charge >= 0.3 is 0 Å². The monoisotopic (exact) mass is 470 g/mol. The molecule has 2 heterocycles. The molecule has 0 aliphatic carbocycles. The van der Waals surface area contributed by atoms with E-state index in [0.717, 1.165) is 18.5 Å². The van der Waals surface area contributed by atoms with Crippen LogP contribution in [0.1, 0.15) is 63.2 Å². The Kier molecular flexibility index (Phi) is 8.33. The quantitative estimate of drug-likeness (QED) is 0.599. The van der Waals surface area contributed by atoms with Crippen LogP contribution in [-0.4, -0.2) is 78.6 Å². The molecule has 1 aromatic carbocycles. The molecule has 0 spiro atoms. The van der Waals surface area contributed by atoms with E-state index in [1.807, 2.05) is 51.9 Å². The average Bonchev–Trinajstić information content (AvgIpc) is 3.37. The first-order valence-corrected chi connectivity index (χ1v) is 12.3. The van der Waals surface area contributed by atoms with Crippen molar-refractivity contribution in [1.29, 1.82) is 0 Å². The molecule has 2 aliphatic rings. The Morgan fingerprint density at radius 3 is 2.38 bits per heavy atom. The summed E-state index contributed by atoms with van der Waals surface area (Å²) in [5.74, 6) is -0.472. The van der Waals surface area contributed by atoms with Crippen molar-refractivity contribution >= 4 is 29.2 Å². The van der Waals surface area contributed by atoms with Crippen molar-refractivity contribution in [3.8, 4) is 0 Å². The Morgan fingerprint density at radius 2 is 1.79 bits per heavy atom. The maximum absolute atomic E-state index is 13.6. The summed E-state index contributed by atoms with van der Waals surface area (Å²) in [4.78, 5) is 57.2. The molecule has 3 atom stereocenters. The molecule has 2 aliphatic heterocycles. The Balaban J connectivity index is 1.73. The average molecular weight is 471 g/mol. The van der Waals surface area contributed by atoms with Crippen LogP contribution in [0, 0.1) is 5.92 Å². The number of Topliss-reactive ketones (excluding diaryl/α,β-unsaturated/α-hetero) is 1. The van der Waals surface area contributed by atoms with Crippen LogP contribution in [0.3, 0.4) is 0 Å². The van der Waals surface area contributed by atoms with Gasteiger partial charge in [-0.05, 0) is 49.4 Å². The number of unbranched alkanes of at least 4 members (excludes halogenated alkanes) is 1. The Bertz CT molecular complexity index is 912. The Hall–Kier alpha value is -2.90. The van der Waals surface area contributed by atoms with Crippen LogP contribution < -0.4 is 10.2 Å². The van der Waals surface area contributed by atoms with Gasteiger partial charge in [-0.3, -0.25) is 19.2 Å². The first kappa shape index (κ1) is 25.7. The lowest BCUT2D eigenvalue weighted by Gasteiger charge is -2.29. The highest BCUT2D eigenvalue weighted by atomic mass is 16.2. The Labute approximate surface area is 202 Å². The molecule has 2 unspecified atom stereocenters. The third-order valence-electron chi connectivity index (χ3n) is 6.73. The van der Waals surface area contributed by atoms with Crippen molar-refractivity contribution in [2.24, 2.45) is 5.92 Å². The van der Waals surface area contributed by atoms with E-state index in [-0.39, 0.29) is 42.0 Å². The molecule has 2 fully saturated rings. The van der Waals surface area contributed by atoms with Gasteiger partial charge in [-0.25, -0.2) is 0 Å². The second-order valence-electron chi connectivity index (χ2n) is 10.0. The smallest absolute Gasteiger partial charge is 0.251 e. The minimum absolute atomic E-state index is 0.00907. The number of fused-ring (bicyclic) bond motifs is 1. The molecule has 0 radical (unpaired) electrons. The molecule has 0 aromatic heterocycles. The van der Waals surface area contributed by atoms with Crippen molar-refractivity contribution in [2.75, 3.05) is 32.1 Å². The zero-order valence-corrected chi connectivity index (χ0v) is 21.0. The van der Waals surface area contributed by atoms with Crippen LogP contribution >= 0.6 is 0 Å². The first-order chi connectivity index (χ1) is 16.1. The molecule has 3 amide bonds. The van der Waals surface area contributed by atoms with Gasteiger partial charge in [0, 0.05) is 38.3 Å². The molecule has 0 saturated carbocycles. The molecule has 1 N–H and O–H groups in total. The fourth-order valence-corrected chi connectivity index (χ4v) is 4.91. The van der Waals surface area contributed by atoms with Gasteiger partial charge in [-0.2, -0.15) is 0 Å². The molecular weight excluding hydrogens is 432 g/mol. The number of amides is 3. The fraction of sp³-hybridized carbons (Fsp3) is 0.615. The number of hydrogen-bond donors (Lipinski definition) is 1. The van der Waals surface area contributed by atoms with Gasteiger partial charge in [0.25, 0.3) is 5.91 Å². The van der Waals surface area contributed by atoms with E-state index in [4.69, 9.17) is 0 Å². The van der Waals surface area contributed by atoms with Crippen molar-refractivity contribution in [2.45, 2.75) is 71.0 Å². The SMILES string of the molecule is CCCCC(=O)N1CC(=O)C2C1CCN2C(=O)[C@H](CC(C)C)NC(=O)c1ccc(N(C)C)cc1. The van der Waals surface area contributed by atoms with Crippen molar-refractivity contribution < 1.29 is 19.2 Å². The standard InChI is InChI=1S/C26H38N4O4/c1-6-7-8-23(32)30-16-22(31)24-21(30)13-14-29(24)26(34)20(15-17(2)3)27-25(33)18-9-11-19(12-10-18)28(4)5/h9-12,17,20-21,24H,6-8,13-16H2,1-5H3,(H,27,33)/t20-,21?,24?/m0/s1. The number of carbonyl (C=O) groups is 4. The molecule has 8 nitrogen and oxygen atoms in total. The number of rotatable bonds is 9. The van der Waals surface area contributed by atoms with Gasteiger partial charge in [-0.15, -0.1) is 0 Å². The van der Waals surface area contributed by atoms with Crippen LogP contribution in [0.5, 0.6) is 0 Å². The Morgan fingerprint density at radius 1 is 1.12 bits per heavy atom. The number of benzene rings is 1. The maximum Gasteiger partial charge on any atom is 0.251 e. The summed E-state index contributed by atoms with van der Waals surface area (Å²) in [5.41, 5.74) is 1.46. The normalized spacial score (nSPS) is 20.5. The lowest BCUT2D eigenvalue weighted by atomic mass is 10.0. The van der Waals surface area contributed by atoms with Gasteiger partial charge < -0.3 is 20.0 Å². The van der Waals surface area contributed by atoms with Crippen LogP contribution in [-0.2, 0) is 14.4 Å². The topological polar surface area (TPSA) is 90.0 Å². The molecule has 1 aromatic rings. The molecule has 8 heteroatoms. The number of carbonyl (C=O) groups excluding carboxylic acids is 4. The highest BCUT2D eigenvalue weighted by molar-refractivity contribution is 6.00. The largest absolute Gasteiger partial charge is 0.378 e.